The lowest BCUT2D eigenvalue weighted by Crippen LogP contribution is -2.06. The third-order valence-electron chi connectivity index (χ3n) is 3.95. The van der Waals surface area contributed by atoms with Crippen LogP contribution in [0.2, 0.25) is 0 Å². The zero-order valence-corrected chi connectivity index (χ0v) is 12.2. The van der Waals surface area contributed by atoms with E-state index in [1.54, 1.807) is 19.1 Å². The standard InChI is InChI=1S/C18H18O3/c1-11(19)9-13-3-8-17-16(10-13)12(2)18(21-17)14-4-6-15(20)7-5-14/h3-8,10,12,18,20H,9H2,1-2H3/t12-,18-/m1/s1. The summed E-state index contributed by atoms with van der Waals surface area (Å²) >= 11 is 0. The molecule has 0 amide bonds. The number of phenols is 1. The molecule has 1 N–H and O–H groups in total. The molecule has 0 radical (unpaired) electrons. The zero-order valence-electron chi connectivity index (χ0n) is 12.2. The van der Waals surface area contributed by atoms with Crippen LogP contribution in [0, 0.1) is 0 Å². The molecule has 21 heavy (non-hydrogen) atoms. The Balaban J connectivity index is 1.89. The first-order chi connectivity index (χ1) is 10.0. The number of ketones is 1. The summed E-state index contributed by atoms with van der Waals surface area (Å²) < 4.78 is 6.04. The highest BCUT2D eigenvalue weighted by atomic mass is 16.5. The molecule has 3 heteroatoms. The van der Waals surface area contributed by atoms with E-state index in [1.807, 2.05) is 24.3 Å². The summed E-state index contributed by atoms with van der Waals surface area (Å²) in [4.78, 5) is 11.3. The lowest BCUT2D eigenvalue weighted by molar-refractivity contribution is -0.116. The average molecular weight is 282 g/mol. The van der Waals surface area contributed by atoms with Gasteiger partial charge in [0.1, 0.15) is 23.4 Å². The maximum atomic E-state index is 11.3. The van der Waals surface area contributed by atoms with Crippen molar-refractivity contribution in [3.05, 3.63) is 59.2 Å². The van der Waals surface area contributed by atoms with Gasteiger partial charge in [0.15, 0.2) is 0 Å². The van der Waals surface area contributed by atoms with Crippen LogP contribution >= 0.6 is 0 Å². The first-order valence-corrected chi connectivity index (χ1v) is 7.12. The Hall–Kier alpha value is -2.29. The third-order valence-corrected chi connectivity index (χ3v) is 3.95. The van der Waals surface area contributed by atoms with E-state index in [9.17, 15) is 9.90 Å². The van der Waals surface area contributed by atoms with Gasteiger partial charge in [0.2, 0.25) is 0 Å². The number of phenolic OH excluding ortho intramolecular Hbond substituents is 1. The van der Waals surface area contributed by atoms with E-state index in [4.69, 9.17) is 4.74 Å². The molecule has 0 fully saturated rings. The quantitative estimate of drug-likeness (QED) is 0.932. The van der Waals surface area contributed by atoms with Crippen molar-refractivity contribution in [2.75, 3.05) is 0 Å². The number of benzene rings is 2. The molecule has 108 valence electrons. The van der Waals surface area contributed by atoms with Gasteiger partial charge in [0.25, 0.3) is 0 Å². The van der Waals surface area contributed by atoms with Crippen LogP contribution in [-0.2, 0) is 11.2 Å². The van der Waals surface area contributed by atoms with Crippen molar-refractivity contribution >= 4 is 5.78 Å². The summed E-state index contributed by atoms with van der Waals surface area (Å²) in [6.45, 7) is 3.73. The normalized spacial score (nSPS) is 19.9. The highest BCUT2D eigenvalue weighted by Crippen LogP contribution is 2.46. The second-order valence-corrected chi connectivity index (χ2v) is 5.67. The predicted molar refractivity (Wildman–Crippen MR) is 80.7 cm³/mol. The van der Waals surface area contributed by atoms with Gasteiger partial charge in [0, 0.05) is 17.9 Å². The molecule has 2 atom stereocenters. The molecule has 3 nitrogen and oxygen atoms in total. The highest BCUT2D eigenvalue weighted by molar-refractivity contribution is 5.78. The van der Waals surface area contributed by atoms with Gasteiger partial charge in [-0.1, -0.05) is 31.2 Å². The van der Waals surface area contributed by atoms with Gasteiger partial charge in [-0.2, -0.15) is 0 Å². The second kappa shape index (κ2) is 5.24. The Bertz CT molecular complexity index is 673. The molecular formula is C18H18O3. The van der Waals surface area contributed by atoms with E-state index in [2.05, 4.69) is 13.0 Å². The van der Waals surface area contributed by atoms with Gasteiger partial charge in [-0.15, -0.1) is 0 Å². The van der Waals surface area contributed by atoms with Crippen molar-refractivity contribution in [3.63, 3.8) is 0 Å². The van der Waals surface area contributed by atoms with Gasteiger partial charge in [-0.3, -0.25) is 4.79 Å². The van der Waals surface area contributed by atoms with E-state index in [-0.39, 0.29) is 23.6 Å². The van der Waals surface area contributed by atoms with Gasteiger partial charge in [0.05, 0.1) is 0 Å². The smallest absolute Gasteiger partial charge is 0.134 e. The molecular weight excluding hydrogens is 264 g/mol. The van der Waals surface area contributed by atoms with Gasteiger partial charge < -0.3 is 9.84 Å². The van der Waals surface area contributed by atoms with Gasteiger partial charge >= 0.3 is 0 Å². The van der Waals surface area contributed by atoms with E-state index in [0.717, 1.165) is 22.4 Å². The molecule has 0 aliphatic carbocycles. The second-order valence-electron chi connectivity index (χ2n) is 5.67. The van der Waals surface area contributed by atoms with Crippen molar-refractivity contribution in [2.45, 2.75) is 32.3 Å². The number of carbonyl (C=O) groups is 1. The predicted octanol–water partition coefficient (Wildman–Crippen LogP) is 3.76. The summed E-state index contributed by atoms with van der Waals surface area (Å²) in [6, 6.07) is 13.1. The summed E-state index contributed by atoms with van der Waals surface area (Å²) in [5.41, 5.74) is 3.22. The lowest BCUT2D eigenvalue weighted by atomic mass is 9.91. The Morgan fingerprint density at radius 1 is 1.19 bits per heavy atom. The summed E-state index contributed by atoms with van der Waals surface area (Å²) in [6.07, 6.45) is 0.414. The van der Waals surface area contributed by atoms with Crippen molar-refractivity contribution in [1.82, 2.24) is 0 Å². The first kappa shape index (κ1) is 13.7. The zero-order chi connectivity index (χ0) is 15.0. The summed E-state index contributed by atoms with van der Waals surface area (Å²) in [7, 11) is 0. The minimum Gasteiger partial charge on any atom is -0.508 e. The maximum Gasteiger partial charge on any atom is 0.134 e. The Morgan fingerprint density at radius 3 is 2.57 bits per heavy atom. The van der Waals surface area contributed by atoms with E-state index >= 15 is 0 Å². The number of ether oxygens (including phenoxy) is 1. The fraction of sp³-hybridized carbons (Fsp3) is 0.278. The largest absolute Gasteiger partial charge is 0.508 e. The highest BCUT2D eigenvalue weighted by Gasteiger charge is 2.32. The SMILES string of the molecule is CC(=O)Cc1ccc2c(c1)[C@@H](C)[C@H](c1ccc(O)cc1)O2. The molecule has 2 aromatic rings. The number of fused-ring (bicyclic) bond motifs is 1. The van der Waals surface area contributed by atoms with Crippen LogP contribution in [0.5, 0.6) is 11.5 Å². The van der Waals surface area contributed by atoms with E-state index in [0.29, 0.717) is 6.42 Å². The van der Waals surface area contributed by atoms with Crippen LogP contribution in [0.1, 0.15) is 42.6 Å². The molecule has 0 bridgehead atoms. The Kier molecular flexibility index (Phi) is 3.42. The Morgan fingerprint density at radius 2 is 1.90 bits per heavy atom. The van der Waals surface area contributed by atoms with Crippen LogP contribution in [0.25, 0.3) is 0 Å². The van der Waals surface area contributed by atoms with E-state index < -0.39 is 0 Å². The molecule has 0 spiro atoms. The van der Waals surface area contributed by atoms with Crippen molar-refractivity contribution in [1.29, 1.82) is 0 Å². The van der Waals surface area contributed by atoms with Crippen LogP contribution in [0.3, 0.4) is 0 Å². The number of carbonyl (C=O) groups excluding carboxylic acids is 1. The minimum absolute atomic E-state index is 0.0480. The number of hydrogen-bond acceptors (Lipinski definition) is 3. The van der Waals surface area contributed by atoms with E-state index in [1.165, 1.54) is 0 Å². The van der Waals surface area contributed by atoms with Crippen LogP contribution in [0.15, 0.2) is 42.5 Å². The first-order valence-electron chi connectivity index (χ1n) is 7.12. The molecule has 0 aromatic heterocycles. The maximum absolute atomic E-state index is 11.3. The lowest BCUT2D eigenvalue weighted by Gasteiger charge is -2.15. The van der Waals surface area contributed by atoms with Crippen LogP contribution < -0.4 is 4.74 Å². The molecule has 1 heterocycles. The molecule has 1 aliphatic heterocycles. The molecule has 1 aliphatic rings. The van der Waals surface area contributed by atoms with Gasteiger partial charge in [-0.05, 0) is 36.2 Å². The van der Waals surface area contributed by atoms with Crippen molar-refractivity contribution < 1.29 is 14.6 Å². The van der Waals surface area contributed by atoms with Crippen molar-refractivity contribution in [3.8, 4) is 11.5 Å². The topological polar surface area (TPSA) is 46.5 Å². The molecule has 0 saturated heterocycles. The molecule has 0 unspecified atom stereocenters. The monoisotopic (exact) mass is 282 g/mol. The summed E-state index contributed by atoms with van der Waals surface area (Å²) in [5.74, 6) is 1.52. The third kappa shape index (κ3) is 2.64. The fourth-order valence-electron chi connectivity index (χ4n) is 2.88. The average Bonchev–Trinajstić information content (AvgIpc) is 2.76. The molecule has 3 rings (SSSR count). The minimum atomic E-state index is -0.0480. The number of aromatic hydroxyl groups is 1. The number of Topliss-reactive ketones (excluding diaryl/α,β-unsaturated/α-hetero) is 1. The summed E-state index contributed by atoms with van der Waals surface area (Å²) in [5, 5.41) is 9.39. The Labute approximate surface area is 124 Å². The van der Waals surface area contributed by atoms with Crippen LogP contribution in [0.4, 0.5) is 0 Å². The number of hydrogen-bond donors (Lipinski definition) is 1. The number of rotatable bonds is 3. The van der Waals surface area contributed by atoms with Gasteiger partial charge in [-0.25, -0.2) is 0 Å². The molecule has 0 saturated carbocycles. The fourth-order valence-corrected chi connectivity index (χ4v) is 2.88. The molecule has 2 aromatic carbocycles. The van der Waals surface area contributed by atoms with Crippen LogP contribution in [-0.4, -0.2) is 10.9 Å². The van der Waals surface area contributed by atoms with Crippen molar-refractivity contribution in [2.24, 2.45) is 0 Å².